The van der Waals surface area contributed by atoms with Crippen LogP contribution in [-0.2, 0) is 17.6 Å². The number of carbonyl (C=O) groups excluding carboxylic acids is 1. The third-order valence-corrected chi connectivity index (χ3v) is 5.26. The standard InChI is InChI=1S/C23H23N3O2/c1-3-14(2)23(28)26-22-20(11-15-7-5-4-6-8-15)24-21-18-10-9-17(27)12-16(18)13-19(21)25-22/h4-10,12,14,27H,3,11,13H2,1-2H3,(H,25,26,28). The first-order valence-electron chi connectivity index (χ1n) is 9.62. The molecule has 142 valence electrons. The Morgan fingerprint density at radius 2 is 1.96 bits per heavy atom. The van der Waals surface area contributed by atoms with Crippen molar-refractivity contribution in [3.63, 3.8) is 0 Å². The average Bonchev–Trinajstić information content (AvgIpc) is 3.04. The van der Waals surface area contributed by atoms with Crippen molar-refractivity contribution in [2.75, 3.05) is 5.32 Å². The van der Waals surface area contributed by atoms with Crippen LogP contribution < -0.4 is 5.32 Å². The third-order valence-electron chi connectivity index (χ3n) is 5.26. The van der Waals surface area contributed by atoms with Gasteiger partial charge in [0.2, 0.25) is 5.91 Å². The van der Waals surface area contributed by atoms with Crippen LogP contribution in [0, 0.1) is 5.92 Å². The predicted molar refractivity (Wildman–Crippen MR) is 109 cm³/mol. The molecule has 0 saturated carbocycles. The van der Waals surface area contributed by atoms with Crippen molar-refractivity contribution in [2.24, 2.45) is 5.92 Å². The molecule has 1 amide bonds. The average molecular weight is 373 g/mol. The summed E-state index contributed by atoms with van der Waals surface area (Å²) in [5.41, 5.74) is 5.53. The van der Waals surface area contributed by atoms with E-state index in [0.29, 0.717) is 18.7 Å². The van der Waals surface area contributed by atoms with Gasteiger partial charge >= 0.3 is 0 Å². The van der Waals surface area contributed by atoms with Crippen LogP contribution in [0.1, 0.15) is 42.8 Å². The van der Waals surface area contributed by atoms with Crippen LogP contribution in [0.15, 0.2) is 48.5 Å². The van der Waals surface area contributed by atoms with Crippen LogP contribution in [0.4, 0.5) is 5.82 Å². The fraction of sp³-hybridized carbons (Fsp3) is 0.261. The van der Waals surface area contributed by atoms with E-state index in [-0.39, 0.29) is 17.6 Å². The third kappa shape index (κ3) is 3.48. The summed E-state index contributed by atoms with van der Waals surface area (Å²) in [6, 6.07) is 15.4. The number of carbonyl (C=O) groups is 1. The number of nitrogens with one attached hydrogen (secondary N) is 1. The Bertz CT molecular complexity index is 1030. The molecule has 5 nitrogen and oxygen atoms in total. The summed E-state index contributed by atoms with van der Waals surface area (Å²) < 4.78 is 0. The molecule has 5 heteroatoms. The number of hydrogen-bond donors (Lipinski definition) is 2. The Morgan fingerprint density at radius 1 is 1.18 bits per heavy atom. The second-order valence-corrected chi connectivity index (χ2v) is 7.29. The number of aromatic nitrogens is 2. The number of fused-ring (bicyclic) bond motifs is 3. The smallest absolute Gasteiger partial charge is 0.228 e. The molecule has 2 N–H and O–H groups in total. The van der Waals surface area contributed by atoms with Gasteiger partial charge in [-0.3, -0.25) is 4.79 Å². The van der Waals surface area contributed by atoms with Gasteiger partial charge in [-0.05, 0) is 35.7 Å². The zero-order valence-electron chi connectivity index (χ0n) is 16.1. The number of hydrogen-bond acceptors (Lipinski definition) is 4. The summed E-state index contributed by atoms with van der Waals surface area (Å²) >= 11 is 0. The largest absolute Gasteiger partial charge is 0.508 e. The van der Waals surface area contributed by atoms with Gasteiger partial charge in [0.25, 0.3) is 0 Å². The minimum Gasteiger partial charge on any atom is -0.508 e. The Balaban J connectivity index is 1.76. The molecule has 28 heavy (non-hydrogen) atoms. The molecule has 1 atom stereocenters. The summed E-state index contributed by atoms with van der Waals surface area (Å²) in [5.74, 6) is 0.638. The minimum absolute atomic E-state index is 0.0424. The Hall–Kier alpha value is -3.21. The van der Waals surface area contributed by atoms with Gasteiger partial charge in [0.05, 0.1) is 17.1 Å². The lowest BCUT2D eigenvalue weighted by Crippen LogP contribution is -2.22. The monoisotopic (exact) mass is 373 g/mol. The maximum absolute atomic E-state index is 12.5. The van der Waals surface area contributed by atoms with Crippen molar-refractivity contribution in [1.82, 2.24) is 9.97 Å². The molecule has 0 radical (unpaired) electrons. The van der Waals surface area contributed by atoms with Gasteiger partial charge in [0.15, 0.2) is 5.82 Å². The molecule has 1 aliphatic rings. The van der Waals surface area contributed by atoms with Gasteiger partial charge in [0, 0.05) is 24.3 Å². The van der Waals surface area contributed by atoms with Gasteiger partial charge in [-0.1, -0.05) is 44.2 Å². The van der Waals surface area contributed by atoms with Crippen LogP contribution >= 0.6 is 0 Å². The lowest BCUT2D eigenvalue weighted by atomic mass is 10.1. The topological polar surface area (TPSA) is 75.1 Å². The number of anilines is 1. The van der Waals surface area contributed by atoms with Crippen molar-refractivity contribution < 1.29 is 9.90 Å². The van der Waals surface area contributed by atoms with Crippen molar-refractivity contribution in [3.8, 4) is 17.0 Å². The van der Waals surface area contributed by atoms with Crippen LogP contribution in [0.5, 0.6) is 5.75 Å². The number of amides is 1. The van der Waals surface area contributed by atoms with E-state index in [4.69, 9.17) is 9.97 Å². The van der Waals surface area contributed by atoms with Gasteiger partial charge in [-0.25, -0.2) is 9.97 Å². The van der Waals surface area contributed by atoms with E-state index in [1.54, 1.807) is 12.1 Å². The molecule has 1 unspecified atom stereocenters. The Labute approximate surface area is 164 Å². The summed E-state index contributed by atoms with van der Waals surface area (Å²) in [5, 5.41) is 12.8. The molecule has 1 aliphatic carbocycles. The zero-order chi connectivity index (χ0) is 19.7. The summed E-state index contributed by atoms with van der Waals surface area (Å²) in [4.78, 5) is 22.2. The van der Waals surface area contributed by atoms with Crippen molar-refractivity contribution in [2.45, 2.75) is 33.1 Å². The molecular weight excluding hydrogens is 350 g/mol. The molecule has 0 saturated heterocycles. The van der Waals surface area contributed by atoms with Gasteiger partial charge in [-0.15, -0.1) is 0 Å². The van der Waals surface area contributed by atoms with E-state index in [9.17, 15) is 9.90 Å². The fourth-order valence-electron chi connectivity index (χ4n) is 3.42. The highest BCUT2D eigenvalue weighted by Gasteiger charge is 2.25. The second-order valence-electron chi connectivity index (χ2n) is 7.29. The zero-order valence-corrected chi connectivity index (χ0v) is 16.1. The van der Waals surface area contributed by atoms with Crippen molar-refractivity contribution >= 4 is 11.7 Å². The summed E-state index contributed by atoms with van der Waals surface area (Å²) in [6.45, 7) is 3.90. The number of phenolic OH excluding ortho intramolecular Hbond substituents is 1. The normalized spacial score (nSPS) is 12.9. The van der Waals surface area contributed by atoms with E-state index < -0.39 is 0 Å². The number of aromatic hydroxyl groups is 1. The molecule has 0 fully saturated rings. The molecule has 0 bridgehead atoms. The Morgan fingerprint density at radius 3 is 2.71 bits per heavy atom. The predicted octanol–water partition coefficient (Wildman–Crippen LogP) is 4.33. The Kier molecular flexibility index (Phi) is 4.82. The van der Waals surface area contributed by atoms with E-state index in [1.165, 1.54) is 0 Å². The van der Waals surface area contributed by atoms with Gasteiger partial charge in [0.1, 0.15) is 5.75 Å². The van der Waals surface area contributed by atoms with Crippen molar-refractivity contribution in [3.05, 3.63) is 71.0 Å². The molecule has 0 spiro atoms. The summed E-state index contributed by atoms with van der Waals surface area (Å²) in [7, 11) is 0. The maximum Gasteiger partial charge on any atom is 0.228 e. The van der Waals surface area contributed by atoms with E-state index >= 15 is 0 Å². The highest BCUT2D eigenvalue weighted by Crippen LogP contribution is 2.37. The maximum atomic E-state index is 12.5. The molecule has 4 rings (SSSR count). The molecule has 1 heterocycles. The molecular formula is C23H23N3O2. The lowest BCUT2D eigenvalue weighted by molar-refractivity contribution is -0.119. The van der Waals surface area contributed by atoms with Crippen LogP contribution in [0.3, 0.4) is 0 Å². The first-order chi connectivity index (χ1) is 13.5. The van der Waals surface area contributed by atoms with Crippen LogP contribution in [0.25, 0.3) is 11.3 Å². The first kappa shape index (κ1) is 18.2. The van der Waals surface area contributed by atoms with Crippen molar-refractivity contribution in [1.29, 1.82) is 0 Å². The number of rotatable bonds is 5. The van der Waals surface area contributed by atoms with Crippen LogP contribution in [0.2, 0.25) is 0 Å². The summed E-state index contributed by atoms with van der Waals surface area (Å²) in [6.07, 6.45) is 1.96. The molecule has 3 aromatic rings. The van der Waals surface area contributed by atoms with E-state index in [1.807, 2.05) is 50.2 Å². The molecule has 1 aromatic heterocycles. The molecule has 2 aromatic carbocycles. The number of nitrogens with zero attached hydrogens (tertiary/aromatic N) is 2. The number of benzene rings is 2. The number of phenols is 1. The first-order valence-corrected chi connectivity index (χ1v) is 9.62. The second kappa shape index (κ2) is 7.43. The quantitative estimate of drug-likeness (QED) is 0.546. The van der Waals surface area contributed by atoms with Gasteiger partial charge in [-0.2, -0.15) is 0 Å². The fourth-order valence-corrected chi connectivity index (χ4v) is 3.42. The van der Waals surface area contributed by atoms with E-state index in [2.05, 4.69) is 5.32 Å². The van der Waals surface area contributed by atoms with Gasteiger partial charge < -0.3 is 10.4 Å². The highest BCUT2D eigenvalue weighted by molar-refractivity contribution is 5.92. The SMILES string of the molecule is CCC(C)C(=O)Nc1nc2c(nc1Cc1ccccc1)-c1ccc(O)cc1C2. The van der Waals surface area contributed by atoms with E-state index in [0.717, 1.165) is 40.2 Å². The lowest BCUT2D eigenvalue weighted by Gasteiger charge is -2.14. The highest BCUT2D eigenvalue weighted by atomic mass is 16.3. The minimum atomic E-state index is -0.0891. The van der Waals surface area contributed by atoms with Crippen LogP contribution in [-0.4, -0.2) is 21.0 Å². The molecule has 0 aliphatic heterocycles.